The summed E-state index contributed by atoms with van der Waals surface area (Å²) in [4.78, 5) is 5.39. The maximum atomic E-state index is 5.81. The van der Waals surface area contributed by atoms with Gasteiger partial charge in [0.2, 0.25) is 0 Å². The van der Waals surface area contributed by atoms with Crippen LogP contribution in [0.1, 0.15) is 10.7 Å². The summed E-state index contributed by atoms with van der Waals surface area (Å²) in [7, 11) is 0. The Morgan fingerprint density at radius 3 is 2.69 bits per heavy atom. The van der Waals surface area contributed by atoms with Crippen molar-refractivity contribution in [1.82, 2.24) is 15.2 Å². The molecule has 2 aromatic heterocycles. The molecule has 0 amide bonds. The zero-order valence-electron chi connectivity index (χ0n) is 7.46. The number of nitrogens with zero attached hydrogens (tertiary/aromatic N) is 2. The molecule has 2 heterocycles. The number of thiophene rings is 1. The molecule has 0 aliphatic rings. The number of nitrogens with one attached hydrogen (secondary N) is 1. The average molecular weight is 194 g/mol. The second-order valence-corrected chi connectivity index (χ2v) is 4.17. The number of aromatic nitrogens is 3. The van der Waals surface area contributed by atoms with Gasteiger partial charge in [-0.2, -0.15) is 5.10 Å². The predicted octanol–water partition coefficient (Wildman–Crippen LogP) is 1.73. The van der Waals surface area contributed by atoms with E-state index in [1.54, 1.807) is 11.3 Å². The lowest BCUT2D eigenvalue weighted by molar-refractivity contribution is 1.04. The highest BCUT2D eigenvalue weighted by atomic mass is 32.1. The second-order valence-electron chi connectivity index (χ2n) is 2.88. The van der Waals surface area contributed by atoms with E-state index in [2.05, 4.69) is 15.2 Å². The first-order valence-corrected chi connectivity index (χ1v) is 4.74. The lowest BCUT2D eigenvalue weighted by Crippen LogP contribution is -1.85. The van der Waals surface area contributed by atoms with Crippen LogP contribution in [0.25, 0.3) is 11.4 Å². The van der Waals surface area contributed by atoms with Crippen LogP contribution in [0.2, 0.25) is 0 Å². The molecular formula is C8H10N4S. The Morgan fingerprint density at radius 1 is 1.46 bits per heavy atom. The molecule has 0 saturated carbocycles. The van der Waals surface area contributed by atoms with E-state index in [0.717, 1.165) is 16.4 Å². The zero-order chi connectivity index (χ0) is 9.42. The van der Waals surface area contributed by atoms with Gasteiger partial charge in [0.25, 0.3) is 0 Å². The summed E-state index contributed by atoms with van der Waals surface area (Å²) < 4.78 is 0. The Bertz CT molecular complexity index is 429. The first kappa shape index (κ1) is 8.25. The number of hydrogen-bond donors (Lipinski definition) is 2. The van der Waals surface area contributed by atoms with Crippen LogP contribution in [0.5, 0.6) is 0 Å². The van der Waals surface area contributed by atoms with Crippen LogP contribution in [0, 0.1) is 13.8 Å². The van der Waals surface area contributed by atoms with Gasteiger partial charge in [0.05, 0.1) is 10.6 Å². The summed E-state index contributed by atoms with van der Waals surface area (Å²) in [6.45, 7) is 3.88. The third-order valence-corrected chi connectivity index (χ3v) is 2.60. The maximum absolute atomic E-state index is 5.81. The van der Waals surface area contributed by atoms with Crippen molar-refractivity contribution in [3.05, 3.63) is 16.8 Å². The highest BCUT2D eigenvalue weighted by molar-refractivity contribution is 7.16. The molecule has 0 unspecified atom stereocenters. The van der Waals surface area contributed by atoms with E-state index < -0.39 is 0 Å². The van der Waals surface area contributed by atoms with Gasteiger partial charge < -0.3 is 5.73 Å². The third kappa shape index (κ3) is 1.42. The minimum Gasteiger partial charge on any atom is -0.390 e. The predicted molar refractivity (Wildman–Crippen MR) is 53.6 cm³/mol. The van der Waals surface area contributed by atoms with Crippen molar-refractivity contribution in [1.29, 1.82) is 0 Å². The minimum absolute atomic E-state index is 0.680. The van der Waals surface area contributed by atoms with Crippen molar-refractivity contribution in [2.24, 2.45) is 0 Å². The van der Waals surface area contributed by atoms with Crippen molar-refractivity contribution in [2.45, 2.75) is 13.8 Å². The standard InChI is InChI=1S/C8H10N4S/c1-4-3-6(7(9)13-4)8-10-5(2)11-12-8/h3H,9H2,1-2H3,(H,10,11,12). The number of anilines is 1. The first-order chi connectivity index (χ1) is 6.16. The molecule has 0 radical (unpaired) electrons. The molecular weight excluding hydrogens is 184 g/mol. The smallest absolute Gasteiger partial charge is 0.184 e. The van der Waals surface area contributed by atoms with E-state index in [9.17, 15) is 0 Å². The SMILES string of the molecule is Cc1nc(-c2cc(C)sc2N)n[nH]1. The van der Waals surface area contributed by atoms with Crippen LogP contribution >= 0.6 is 11.3 Å². The molecule has 0 aliphatic heterocycles. The average Bonchev–Trinajstić information content (AvgIpc) is 2.58. The van der Waals surface area contributed by atoms with E-state index in [0.29, 0.717) is 5.82 Å². The summed E-state index contributed by atoms with van der Waals surface area (Å²) in [6.07, 6.45) is 0. The number of hydrogen-bond acceptors (Lipinski definition) is 4. The molecule has 0 fully saturated rings. The molecule has 0 atom stereocenters. The molecule has 0 aromatic carbocycles. The Kier molecular flexibility index (Phi) is 1.81. The summed E-state index contributed by atoms with van der Waals surface area (Å²) in [5.74, 6) is 1.48. The van der Waals surface area contributed by atoms with Gasteiger partial charge in [0.1, 0.15) is 5.82 Å². The quantitative estimate of drug-likeness (QED) is 0.726. The molecule has 2 aromatic rings. The van der Waals surface area contributed by atoms with Gasteiger partial charge in [-0.15, -0.1) is 11.3 Å². The zero-order valence-corrected chi connectivity index (χ0v) is 8.27. The Labute approximate surface area is 79.8 Å². The fourth-order valence-electron chi connectivity index (χ4n) is 1.17. The fourth-order valence-corrected chi connectivity index (χ4v) is 1.95. The van der Waals surface area contributed by atoms with Crippen LogP contribution in [0.3, 0.4) is 0 Å². The monoisotopic (exact) mass is 194 g/mol. The Hall–Kier alpha value is -1.36. The molecule has 0 spiro atoms. The number of H-pyrrole nitrogens is 1. The summed E-state index contributed by atoms with van der Waals surface area (Å²) in [6, 6.07) is 2.00. The van der Waals surface area contributed by atoms with E-state index in [4.69, 9.17) is 5.73 Å². The van der Waals surface area contributed by atoms with Crippen LogP contribution in [0.4, 0.5) is 5.00 Å². The van der Waals surface area contributed by atoms with Crippen LogP contribution in [-0.2, 0) is 0 Å². The lowest BCUT2D eigenvalue weighted by Gasteiger charge is -1.89. The van der Waals surface area contributed by atoms with Gasteiger partial charge in [-0.25, -0.2) is 4.98 Å². The molecule has 2 rings (SSSR count). The fraction of sp³-hybridized carbons (Fsp3) is 0.250. The van der Waals surface area contributed by atoms with Crippen molar-refractivity contribution in [3.8, 4) is 11.4 Å². The van der Waals surface area contributed by atoms with E-state index in [1.165, 1.54) is 4.88 Å². The second kappa shape index (κ2) is 2.85. The van der Waals surface area contributed by atoms with E-state index in [-0.39, 0.29) is 0 Å². The molecule has 3 N–H and O–H groups in total. The topological polar surface area (TPSA) is 67.6 Å². The number of rotatable bonds is 1. The van der Waals surface area contributed by atoms with Crippen molar-refractivity contribution in [2.75, 3.05) is 5.73 Å². The molecule has 13 heavy (non-hydrogen) atoms. The van der Waals surface area contributed by atoms with Gasteiger partial charge in [0.15, 0.2) is 5.82 Å². The molecule has 0 aliphatic carbocycles. The largest absolute Gasteiger partial charge is 0.390 e. The van der Waals surface area contributed by atoms with Crippen molar-refractivity contribution in [3.63, 3.8) is 0 Å². The molecule has 0 bridgehead atoms. The summed E-state index contributed by atoms with van der Waals surface area (Å²) >= 11 is 1.56. The normalized spacial score (nSPS) is 10.6. The Morgan fingerprint density at radius 2 is 2.23 bits per heavy atom. The van der Waals surface area contributed by atoms with Crippen molar-refractivity contribution >= 4 is 16.3 Å². The number of nitrogen functional groups attached to an aromatic ring is 1. The lowest BCUT2D eigenvalue weighted by atomic mass is 10.3. The third-order valence-electron chi connectivity index (χ3n) is 1.72. The minimum atomic E-state index is 0.680. The van der Waals surface area contributed by atoms with Crippen LogP contribution < -0.4 is 5.73 Å². The van der Waals surface area contributed by atoms with Crippen LogP contribution in [-0.4, -0.2) is 15.2 Å². The highest BCUT2D eigenvalue weighted by Gasteiger charge is 2.10. The molecule has 68 valence electrons. The highest BCUT2D eigenvalue weighted by Crippen LogP contribution is 2.31. The van der Waals surface area contributed by atoms with Crippen LogP contribution in [0.15, 0.2) is 6.07 Å². The van der Waals surface area contributed by atoms with Crippen molar-refractivity contribution < 1.29 is 0 Å². The van der Waals surface area contributed by atoms with Gasteiger partial charge in [-0.05, 0) is 19.9 Å². The maximum Gasteiger partial charge on any atom is 0.184 e. The number of aromatic amines is 1. The number of nitrogens with two attached hydrogens (primary N) is 1. The molecule has 4 nitrogen and oxygen atoms in total. The van der Waals surface area contributed by atoms with E-state index >= 15 is 0 Å². The van der Waals surface area contributed by atoms with Gasteiger partial charge in [0, 0.05) is 4.88 Å². The molecule has 0 saturated heterocycles. The van der Waals surface area contributed by atoms with Gasteiger partial charge in [-0.3, -0.25) is 5.10 Å². The Balaban J connectivity index is 2.51. The van der Waals surface area contributed by atoms with E-state index in [1.807, 2.05) is 19.9 Å². The molecule has 5 heteroatoms. The van der Waals surface area contributed by atoms with Gasteiger partial charge >= 0.3 is 0 Å². The van der Waals surface area contributed by atoms with Gasteiger partial charge in [-0.1, -0.05) is 0 Å². The summed E-state index contributed by atoms with van der Waals surface area (Å²) in [5.41, 5.74) is 6.73. The first-order valence-electron chi connectivity index (χ1n) is 3.92. The summed E-state index contributed by atoms with van der Waals surface area (Å²) in [5, 5.41) is 7.62. The number of aryl methyl sites for hydroxylation is 2.